The van der Waals surface area contributed by atoms with Crippen molar-refractivity contribution in [1.29, 1.82) is 5.41 Å². The average molecular weight is 594 g/mol. The fraction of sp³-hybridized carbons (Fsp3) is 0.393. The zero-order chi connectivity index (χ0) is 28.9. The SMILES string of the molecule is COCCN1CCC(N(C)C2=NC(=O)/C(=C/c3ccc(NCc4ccc(Cl)cc4C(F)(F)F)c(C=N)c3)S2)CC1. The zero-order valence-corrected chi connectivity index (χ0v) is 23.8. The van der Waals surface area contributed by atoms with Crippen LogP contribution in [0.4, 0.5) is 18.9 Å². The number of rotatable bonds is 9. The Morgan fingerprint density at radius 1 is 1.25 bits per heavy atom. The predicted octanol–water partition coefficient (Wildman–Crippen LogP) is 5.98. The molecule has 0 atom stereocenters. The molecule has 0 bridgehead atoms. The zero-order valence-electron chi connectivity index (χ0n) is 22.2. The van der Waals surface area contributed by atoms with Crippen LogP contribution >= 0.6 is 23.4 Å². The second kappa shape index (κ2) is 13.2. The van der Waals surface area contributed by atoms with Gasteiger partial charge in [0.2, 0.25) is 0 Å². The third kappa shape index (κ3) is 7.45. The molecule has 0 aromatic heterocycles. The Hall–Kier alpha value is -2.86. The van der Waals surface area contributed by atoms with Crippen molar-refractivity contribution in [2.24, 2.45) is 4.99 Å². The normalized spacial score (nSPS) is 17.8. The van der Waals surface area contributed by atoms with Crippen LogP contribution in [0.3, 0.4) is 0 Å². The maximum Gasteiger partial charge on any atom is 0.416 e. The molecule has 2 heterocycles. The molecule has 4 rings (SSSR count). The number of benzene rings is 2. The molecule has 0 radical (unpaired) electrons. The highest BCUT2D eigenvalue weighted by molar-refractivity contribution is 8.18. The highest BCUT2D eigenvalue weighted by atomic mass is 35.5. The minimum atomic E-state index is -4.54. The van der Waals surface area contributed by atoms with Gasteiger partial charge in [-0.05, 0) is 66.1 Å². The highest BCUT2D eigenvalue weighted by Crippen LogP contribution is 2.35. The number of likely N-dealkylation sites (tertiary alicyclic amines) is 1. The Morgan fingerprint density at radius 2 is 2.00 bits per heavy atom. The third-order valence-corrected chi connectivity index (χ3v) is 8.31. The molecule has 7 nitrogen and oxygen atoms in total. The molecular weight excluding hydrogens is 563 g/mol. The van der Waals surface area contributed by atoms with Crippen LogP contribution in [0.25, 0.3) is 6.08 Å². The van der Waals surface area contributed by atoms with Gasteiger partial charge in [0.05, 0.1) is 17.1 Å². The Bertz CT molecular complexity index is 1310. The summed E-state index contributed by atoms with van der Waals surface area (Å²) in [5, 5.41) is 11.5. The lowest BCUT2D eigenvalue weighted by Crippen LogP contribution is -2.45. The number of alkyl halides is 3. The van der Waals surface area contributed by atoms with Crippen LogP contribution in [0.1, 0.15) is 35.1 Å². The molecule has 2 aliphatic rings. The summed E-state index contributed by atoms with van der Waals surface area (Å²) in [6, 6.07) is 9.10. The molecule has 0 unspecified atom stereocenters. The molecule has 2 aromatic rings. The van der Waals surface area contributed by atoms with Gasteiger partial charge in [0, 0.05) is 68.9 Å². The number of thioether (sulfide) groups is 1. The van der Waals surface area contributed by atoms with E-state index in [1.54, 1.807) is 31.4 Å². The number of halogens is 4. The van der Waals surface area contributed by atoms with Crippen LogP contribution < -0.4 is 5.32 Å². The smallest absolute Gasteiger partial charge is 0.383 e. The molecule has 2 aliphatic heterocycles. The van der Waals surface area contributed by atoms with Crippen LogP contribution in [-0.4, -0.2) is 73.5 Å². The van der Waals surface area contributed by atoms with Gasteiger partial charge in [0.1, 0.15) is 0 Å². The van der Waals surface area contributed by atoms with E-state index in [1.165, 1.54) is 23.9 Å². The molecule has 0 spiro atoms. The summed E-state index contributed by atoms with van der Waals surface area (Å²) in [6.07, 6.45) is 0.261. The standard InChI is InChI=1S/C28H31ClF3N5O2S/c1-36(22-7-9-37(10-8-22)11-12-39-2)27-35-26(38)25(40-27)14-18-3-6-24(20(13-18)16-33)34-17-19-4-5-21(29)15-23(19)28(30,31)32/h3-6,13-16,22,33-34H,7-12,17H2,1-2H3/b25-14-,33-16?. The molecular formula is C28H31ClF3N5O2S. The van der Waals surface area contributed by atoms with E-state index in [2.05, 4.69) is 20.1 Å². The van der Waals surface area contributed by atoms with Crippen molar-refractivity contribution in [2.45, 2.75) is 31.6 Å². The van der Waals surface area contributed by atoms with Gasteiger partial charge < -0.3 is 25.3 Å². The summed E-state index contributed by atoms with van der Waals surface area (Å²) in [4.78, 5) is 21.9. The van der Waals surface area contributed by atoms with Gasteiger partial charge in [-0.15, -0.1) is 0 Å². The van der Waals surface area contributed by atoms with Crippen molar-refractivity contribution in [3.05, 3.63) is 68.6 Å². The first kappa shape index (κ1) is 30.1. The van der Waals surface area contributed by atoms with Crippen LogP contribution in [0.2, 0.25) is 5.02 Å². The van der Waals surface area contributed by atoms with E-state index in [0.717, 1.165) is 44.8 Å². The van der Waals surface area contributed by atoms with Gasteiger partial charge in [0.15, 0.2) is 5.17 Å². The maximum atomic E-state index is 13.4. The first-order chi connectivity index (χ1) is 19.1. The number of amidine groups is 1. The number of hydrogen-bond donors (Lipinski definition) is 2. The fourth-order valence-electron chi connectivity index (χ4n) is 4.72. The van der Waals surface area contributed by atoms with Crippen LogP contribution in [0.15, 0.2) is 46.3 Å². The molecule has 214 valence electrons. The van der Waals surface area contributed by atoms with Crippen molar-refractivity contribution in [1.82, 2.24) is 9.80 Å². The first-order valence-corrected chi connectivity index (χ1v) is 14.0. The Balaban J connectivity index is 1.40. The van der Waals surface area contributed by atoms with Crippen LogP contribution in [0, 0.1) is 5.41 Å². The number of aliphatic imine (C=N–C) groups is 1. The molecule has 1 fully saturated rings. The predicted molar refractivity (Wildman–Crippen MR) is 155 cm³/mol. The molecule has 40 heavy (non-hydrogen) atoms. The molecule has 12 heteroatoms. The van der Waals surface area contributed by atoms with Gasteiger partial charge in [0.25, 0.3) is 5.91 Å². The number of anilines is 1. The number of nitrogens with one attached hydrogen (secondary N) is 2. The van der Waals surface area contributed by atoms with Crippen molar-refractivity contribution in [3.63, 3.8) is 0 Å². The Kier molecular flexibility index (Phi) is 9.94. The van der Waals surface area contributed by atoms with E-state index in [0.29, 0.717) is 39.5 Å². The highest BCUT2D eigenvalue weighted by Gasteiger charge is 2.33. The van der Waals surface area contributed by atoms with Crippen molar-refractivity contribution >= 4 is 52.4 Å². The van der Waals surface area contributed by atoms with Gasteiger partial charge >= 0.3 is 6.18 Å². The Labute approximate surface area is 240 Å². The summed E-state index contributed by atoms with van der Waals surface area (Å²) in [5.74, 6) is -0.314. The van der Waals surface area contributed by atoms with E-state index < -0.39 is 11.7 Å². The van der Waals surface area contributed by atoms with Crippen LogP contribution in [0.5, 0.6) is 0 Å². The maximum absolute atomic E-state index is 13.4. The molecule has 1 saturated heterocycles. The van der Waals surface area contributed by atoms with Gasteiger partial charge in [-0.3, -0.25) is 4.79 Å². The number of amides is 1. The third-order valence-electron chi connectivity index (χ3n) is 7.00. The number of ether oxygens (including phenoxy) is 1. The molecule has 2 aromatic carbocycles. The summed E-state index contributed by atoms with van der Waals surface area (Å²) in [6.45, 7) is 3.46. The lowest BCUT2D eigenvalue weighted by atomic mass is 10.0. The van der Waals surface area contributed by atoms with Gasteiger partial charge in [-0.2, -0.15) is 18.2 Å². The van der Waals surface area contributed by atoms with E-state index in [1.807, 2.05) is 7.05 Å². The largest absolute Gasteiger partial charge is 0.416 e. The van der Waals surface area contributed by atoms with E-state index in [-0.39, 0.29) is 23.0 Å². The minimum Gasteiger partial charge on any atom is -0.383 e. The number of methoxy groups -OCH3 is 1. The molecule has 0 aliphatic carbocycles. The molecule has 1 amide bonds. The number of piperidine rings is 1. The molecule has 0 saturated carbocycles. The van der Waals surface area contributed by atoms with Crippen molar-refractivity contribution in [2.75, 3.05) is 45.7 Å². The number of carbonyl (C=O) groups excluding carboxylic acids is 1. The number of carbonyl (C=O) groups is 1. The average Bonchev–Trinajstić information content (AvgIpc) is 3.30. The first-order valence-electron chi connectivity index (χ1n) is 12.8. The topological polar surface area (TPSA) is 81.0 Å². The summed E-state index contributed by atoms with van der Waals surface area (Å²) in [5.41, 5.74) is 0.902. The quantitative estimate of drug-likeness (QED) is 0.275. The lowest BCUT2D eigenvalue weighted by molar-refractivity contribution is -0.138. The van der Waals surface area contributed by atoms with Crippen molar-refractivity contribution in [3.8, 4) is 0 Å². The lowest BCUT2D eigenvalue weighted by Gasteiger charge is -2.37. The Morgan fingerprint density at radius 3 is 2.67 bits per heavy atom. The number of nitrogens with zero attached hydrogens (tertiary/aromatic N) is 3. The summed E-state index contributed by atoms with van der Waals surface area (Å²) < 4.78 is 45.5. The summed E-state index contributed by atoms with van der Waals surface area (Å²) >= 11 is 7.10. The van der Waals surface area contributed by atoms with E-state index in [4.69, 9.17) is 21.7 Å². The van der Waals surface area contributed by atoms with E-state index >= 15 is 0 Å². The second-order valence-corrected chi connectivity index (χ2v) is 11.1. The van der Waals surface area contributed by atoms with Crippen molar-refractivity contribution < 1.29 is 22.7 Å². The van der Waals surface area contributed by atoms with Crippen LogP contribution in [-0.2, 0) is 22.3 Å². The van der Waals surface area contributed by atoms with Gasteiger partial charge in [-0.25, -0.2) is 0 Å². The van der Waals surface area contributed by atoms with E-state index in [9.17, 15) is 18.0 Å². The molecule has 2 N–H and O–H groups in total. The minimum absolute atomic E-state index is 0.00892. The summed E-state index contributed by atoms with van der Waals surface area (Å²) in [7, 11) is 3.67. The monoisotopic (exact) mass is 593 g/mol. The fourth-order valence-corrected chi connectivity index (χ4v) is 5.83. The second-order valence-electron chi connectivity index (χ2n) is 9.63. The number of hydrogen-bond acceptors (Lipinski definition) is 7. The van der Waals surface area contributed by atoms with Gasteiger partial charge in [-0.1, -0.05) is 23.7 Å².